The van der Waals surface area contributed by atoms with Crippen LogP contribution in [0.15, 0.2) is 72.8 Å². The average Bonchev–Trinajstić information content (AvgIpc) is 3.15. The Balaban J connectivity index is 1.44. The Kier molecular flexibility index (Phi) is 7.47. The Bertz CT molecular complexity index is 1500. The first-order valence-electron chi connectivity index (χ1n) is 13.7. The second kappa shape index (κ2) is 11.0. The Morgan fingerprint density at radius 3 is 2.44 bits per heavy atom. The van der Waals surface area contributed by atoms with Gasteiger partial charge in [0.15, 0.2) is 5.60 Å². The Morgan fingerprint density at radius 1 is 1.00 bits per heavy atom. The van der Waals surface area contributed by atoms with Crippen molar-refractivity contribution in [2.24, 2.45) is 5.92 Å². The van der Waals surface area contributed by atoms with Crippen LogP contribution in [0.4, 0.5) is 0 Å². The minimum absolute atomic E-state index is 0.0813. The molecule has 1 amide bonds. The van der Waals surface area contributed by atoms with Crippen LogP contribution >= 0.6 is 0 Å². The molecule has 3 aromatic carbocycles. The van der Waals surface area contributed by atoms with E-state index in [9.17, 15) is 14.7 Å². The molecule has 1 saturated carbocycles. The van der Waals surface area contributed by atoms with Gasteiger partial charge in [-0.15, -0.1) is 0 Å². The summed E-state index contributed by atoms with van der Waals surface area (Å²) in [5.74, 6) is 0.111. The number of hydrogen-bond donors (Lipinski definition) is 2. The zero-order valence-electron chi connectivity index (χ0n) is 22.9. The number of nitrogens with zero attached hydrogens (tertiary/aromatic N) is 1. The summed E-state index contributed by atoms with van der Waals surface area (Å²) in [6.07, 6.45) is 4.45. The molecule has 1 aliphatic rings. The van der Waals surface area contributed by atoms with Crippen molar-refractivity contribution in [3.63, 3.8) is 0 Å². The van der Waals surface area contributed by atoms with Crippen molar-refractivity contribution in [1.82, 2.24) is 9.88 Å². The van der Waals surface area contributed by atoms with E-state index < -0.39 is 11.6 Å². The molecule has 39 heavy (non-hydrogen) atoms. The molecule has 6 heteroatoms. The lowest BCUT2D eigenvalue weighted by Crippen LogP contribution is -2.37. The number of nitrogens with one attached hydrogen (secondary N) is 1. The van der Waals surface area contributed by atoms with Crippen LogP contribution < -0.4 is 10.1 Å². The van der Waals surface area contributed by atoms with E-state index in [1.165, 1.54) is 30.5 Å². The van der Waals surface area contributed by atoms with E-state index in [1.807, 2.05) is 60.7 Å². The number of carboxylic acid groups (broad SMARTS) is 1. The number of amides is 1. The van der Waals surface area contributed by atoms with Crippen LogP contribution in [0, 0.1) is 12.8 Å². The third-order valence-electron chi connectivity index (χ3n) is 7.85. The summed E-state index contributed by atoms with van der Waals surface area (Å²) in [5, 5.41) is 13.7. The first-order chi connectivity index (χ1) is 18.7. The lowest BCUT2D eigenvalue weighted by atomic mass is 9.85. The summed E-state index contributed by atoms with van der Waals surface area (Å²) in [6, 6.07) is 23.6. The molecule has 4 aromatic rings. The van der Waals surface area contributed by atoms with E-state index in [4.69, 9.17) is 4.74 Å². The first-order valence-corrected chi connectivity index (χ1v) is 13.7. The number of rotatable bonds is 10. The smallest absolute Gasteiger partial charge is 0.347 e. The van der Waals surface area contributed by atoms with Crippen LogP contribution in [0.5, 0.6) is 5.75 Å². The largest absolute Gasteiger partial charge is 0.478 e. The highest BCUT2D eigenvalue weighted by Crippen LogP contribution is 2.34. The minimum Gasteiger partial charge on any atom is -0.478 e. The molecule has 2 N–H and O–H groups in total. The fourth-order valence-electron chi connectivity index (χ4n) is 5.22. The molecule has 0 radical (unpaired) electrons. The number of benzene rings is 3. The van der Waals surface area contributed by atoms with E-state index in [-0.39, 0.29) is 5.91 Å². The number of fused-ring (bicyclic) bond motifs is 1. The predicted octanol–water partition coefficient (Wildman–Crippen LogP) is 6.51. The van der Waals surface area contributed by atoms with Crippen LogP contribution in [0.1, 0.15) is 65.9 Å². The number of carboxylic acids is 1. The summed E-state index contributed by atoms with van der Waals surface area (Å²) in [4.78, 5) is 24.6. The van der Waals surface area contributed by atoms with Crippen LogP contribution in [-0.4, -0.2) is 27.2 Å². The molecular weight excluding hydrogens is 488 g/mol. The Labute approximate surface area is 229 Å². The van der Waals surface area contributed by atoms with Gasteiger partial charge in [-0.3, -0.25) is 4.79 Å². The van der Waals surface area contributed by atoms with E-state index >= 15 is 0 Å². The molecule has 1 heterocycles. The van der Waals surface area contributed by atoms with Crippen molar-refractivity contribution in [2.75, 3.05) is 0 Å². The van der Waals surface area contributed by atoms with Crippen molar-refractivity contribution < 1.29 is 19.4 Å². The minimum atomic E-state index is -1.31. The maximum atomic E-state index is 13.1. The number of ether oxygens (including phenoxy) is 1. The Hall–Kier alpha value is -4.06. The average molecular weight is 525 g/mol. The molecule has 0 spiro atoms. The molecule has 0 saturated heterocycles. The number of aliphatic carboxylic acids is 1. The van der Waals surface area contributed by atoms with Crippen LogP contribution in [0.3, 0.4) is 0 Å². The van der Waals surface area contributed by atoms with Crippen molar-refractivity contribution in [1.29, 1.82) is 0 Å². The van der Waals surface area contributed by atoms with E-state index in [2.05, 4.69) is 22.9 Å². The summed E-state index contributed by atoms with van der Waals surface area (Å²) in [5.41, 5.74) is 4.96. The van der Waals surface area contributed by atoms with Gasteiger partial charge in [0.05, 0.1) is 0 Å². The van der Waals surface area contributed by atoms with Gasteiger partial charge >= 0.3 is 5.97 Å². The first kappa shape index (κ1) is 26.5. The third-order valence-corrected chi connectivity index (χ3v) is 7.85. The molecule has 0 unspecified atom stereocenters. The number of carbonyl (C=O) groups is 2. The highest BCUT2D eigenvalue weighted by molar-refractivity contribution is 5.99. The monoisotopic (exact) mass is 524 g/mol. The maximum Gasteiger partial charge on any atom is 0.347 e. The predicted molar refractivity (Wildman–Crippen MR) is 153 cm³/mol. The quantitative estimate of drug-likeness (QED) is 0.248. The van der Waals surface area contributed by atoms with Crippen LogP contribution in [0.2, 0.25) is 0 Å². The fourth-order valence-corrected chi connectivity index (χ4v) is 5.22. The van der Waals surface area contributed by atoms with Crippen molar-refractivity contribution >= 4 is 22.8 Å². The van der Waals surface area contributed by atoms with Crippen molar-refractivity contribution in [3.8, 4) is 5.75 Å². The van der Waals surface area contributed by atoms with Gasteiger partial charge in [0.1, 0.15) is 5.75 Å². The van der Waals surface area contributed by atoms with Crippen LogP contribution in [-0.2, 0) is 24.3 Å². The number of carbonyl (C=O) groups excluding carboxylic acids is 1. The molecule has 5 rings (SSSR count). The lowest BCUT2D eigenvalue weighted by molar-refractivity contribution is -0.152. The number of aromatic nitrogens is 1. The topological polar surface area (TPSA) is 80.6 Å². The van der Waals surface area contributed by atoms with Gasteiger partial charge in [0, 0.05) is 35.2 Å². The van der Waals surface area contributed by atoms with Gasteiger partial charge < -0.3 is 19.7 Å². The summed E-state index contributed by atoms with van der Waals surface area (Å²) < 4.78 is 8.17. The second-order valence-electron chi connectivity index (χ2n) is 11.1. The maximum absolute atomic E-state index is 13.1. The highest BCUT2D eigenvalue weighted by atomic mass is 16.5. The van der Waals surface area contributed by atoms with E-state index in [1.54, 1.807) is 19.9 Å². The van der Waals surface area contributed by atoms with Gasteiger partial charge in [-0.2, -0.15) is 0 Å². The summed E-state index contributed by atoms with van der Waals surface area (Å²) >= 11 is 0. The second-order valence-corrected chi connectivity index (χ2v) is 11.1. The molecule has 202 valence electrons. The fraction of sp³-hybridized carbons (Fsp3) is 0.333. The van der Waals surface area contributed by atoms with Gasteiger partial charge in [-0.05, 0) is 86.9 Å². The van der Waals surface area contributed by atoms with E-state index in [0.29, 0.717) is 30.2 Å². The Morgan fingerprint density at radius 2 is 1.74 bits per heavy atom. The normalized spacial score (nSPS) is 13.7. The zero-order valence-corrected chi connectivity index (χ0v) is 22.9. The third kappa shape index (κ3) is 5.85. The molecule has 0 bridgehead atoms. The van der Waals surface area contributed by atoms with E-state index in [0.717, 1.165) is 28.6 Å². The molecule has 1 fully saturated rings. The molecule has 0 atom stereocenters. The SMILES string of the molecule is Cc1c(Cc2cccc(OC(C)(C)C(=O)O)c2)c2ccc(C(=O)NCc3ccccc3)cc2n1CC1CCC1. The van der Waals surface area contributed by atoms with Gasteiger partial charge in [0.25, 0.3) is 5.91 Å². The standard InChI is InChI=1S/C33H36N2O4/c1-22-29(18-25-13-8-14-27(17-25)39-33(2,3)32(37)38)28-16-15-26(19-30(28)35(22)21-24-11-7-12-24)31(36)34-20-23-9-5-4-6-10-23/h4-6,8-10,13-17,19,24H,7,11-12,18,20-21H2,1-3H3,(H,34,36)(H,37,38). The zero-order chi connectivity index (χ0) is 27.6. The molecular formula is C33H36N2O4. The molecule has 0 aliphatic heterocycles. The van der Waals surface area contributed by atoms with Crippen LogP contribution in [0.25, 0.3) is 10.9 Å². The van der Waals surface area contributed by atoms with Gasteiger partial charge in [-0.25, -0.2) is 4.79 Å². The molecule has 1 aliphatic carbocycles. The highest BCUT2D eigenvalue weighted by Gasteiger charge is 2.29. The van der Waals surface area contributed by atoms with Gasteiger partial charge in [-0.1, -0.05) is 55.0 Å². The molecule has 1 aromatic heterocycles. The number of hydrogen-bond acceptors (Lipinski definition) is 3. The van der Waals surface area contributed by atoms with Crippen molar-refractivity contribution in [2.45, 2.75) is 65.1 Å². The molecule has 6 nitrogen and oxygen atoms in total. The lowest BCUT2D eigenvalue weighted by Gasteiger charge is -2.27. The van der Waals surface area contributed by atoms with Crippen molar-refractivity contribution in [3.05, 3.63) is 101 Å². The summed E-state index contributed by atoms with van der Waals surface area (Å²) in [6.45, 7) is 6.70. The van der Waals surface area contributed by atoms with Gasteiger partial charge in [0.2, 0.25) is 0 Å². The summed E-state index contributed by atoms with van der Waals surface area (Å²) in [7, 11) is 0.